The number of rotatable bonds is 10. The van der Waals surface area contributed by atoms with Gasteiger partial charge in [-0.25, -0.2) is 14.4 Å². The summed E-state index contributed by atoms with van der Waals surface area (Å²) >= 11 is 0. The monoisotopic (exact) mass is 586 g/mol. The van der Waals surface area contributed by atoms with Crippen LogP contribution in [0.4, 0.5) is 0 Å². The largest absolute Gasteiger partial charge is 0.462 e. The summed E-state index contributed by atoms with van der Waals surface area (Å²) in [5.74, 6) is -0.531. The van der Waals surface area contributed by atoms with Crippen molar-refractivity contribution in [3.8, 4) is 11.5 Å². The number of benzene rings is 5. The lowest BCUT2D eigenvalue weighted by Crippen LogP contribution is -2.10. The molecule has 5 aromatic rings. The van der Waals surface area contributed by atoms with Crippen molar-refractivity contribution in [3.63, 3.8) is 0 Å². The molecule has 5 rings (SSSR count). The number of fused-ring (bicyclic) bond motifs is 2. The van der Waals surface area contributed by atoms with E-state index < -0.39 is 11.9 Å². The smallest absolute Gasteiger partial charge is 0.343 e. The van der Waals surface area contributed by atoms with Crippen LogP contribution in [0.2, 0.25) is 0 Å². The second-order valence-electron chi connectivity index (χ2n) is 11.0. The average molecular weight is 587 g/mol. The topological polar surface area (TPSA) is 78.9 Å². The number of ether oxygens (including phenoxy) is 3. The molecule has 0 spiro atoms. The predicted octanol–water partition coefficient (Wildman–Crippen LogP) is 8.49. The summed E-state index contributed by atoms with van der Waals surface area (Å²) in [5.41, 5.74) is 4.29. The van der Waals surface area contributed by atoms with Crippen LogP contribution in [0.3, 0.4) is 0 Å². The quantitative estimate of drug-likeness (QED) is 0.0707. The predicted molar refractivity (Wildman–Crippen MR) is 172 cm³/mol. The maximum absolute atomic E-state index is 13.0. The SMILES string of the molecule is C=C(C)C(=O)OCCCCc1ccc2cc(C(=O)Oc3ccc(OC(=O)c4ccc5cc(C)ccc5c4)cc3C)ccc2c1. The first-order valence-corrected chi connectivity index (χ1v) is 14.6. The van der Waals surface area contributed by atoms with Gasteiger partial charge in [-0.2, -0.15) is 0 Å². The van der Waals surface area contributed by atoms with Crippen LogP contribution in [-0.4, -0.2) is 24.5 Å². The standard InChI is InChI=1S/C38H34O6/c1-24(2)36(39)42-18-6-5-7-27-9-11-31-23-33(15-13-29(31)21-27)38(41)44-35-17-16-34(20-26(35)4)43-37(40)32-14-12-28-19-25(3)8-10-30(28)22-32/h8-17,19-23H,1,5-7,18H2,2-4H3. The molecule has 0 saturated carbocycles. The van der Waals surface area contributed by atoms with E-state index in [1.165, 1.54) is 5.56 Å². The number of carbonyl (C=O) groups is 3. The van der Waals surface area contributed by atoms with Gasteiger partial charge in [-0.3, -0.25) is 0 Å². The van der Waals surface area contributed by atoms with Gasteiger partial charge >= 0.3 is 17.9 Å². The molecule has 0 radical (unpaired) electrons. The van der Waals surface area contributed by atoms with Crippen LogP contribution in [0, 0.1) is 13.8 Å². The Bertz CT molecular complexity index is 1900. The number of hydrogen-bond acceptors (Lipinski definition) is 6. The van der Waals surface area contributed by atoms with E-state index in [4.69, 9.17) is 14.2 Å². The fourth-order valence-corrected chi connectivity index (χ4v) is 4.91. The summed E-state index contributed by atoms with van der Waals surface area (Å²) < 4.78 is 16.4. The Labute approximate surface area is 256 Å². The zero-order chi connectivity index (χ0) is 31.2. The Morgan fingerprint density at radius 2 is 1.27 bits per heavy atom. The van der Waals surface area contributed by atoms with Crippen molar-refractivity contribution in [2.24, 2.45) is 0 Å². The zero-order valence-electron chi connectivity index (χ0n) is 25.1. The number of carbonyl (C=O) groups excluding carboxylic acids is 3. The third-order valence-corrected chi connectivity index (χ3v) is 7.37. The number of unbranched alkanes of at least 4 members (excludes halogenated alkanes) is 1. The molecule has 6 nitrogen and oxygen atoms in total. The normalized spacial score (nSPS) is 10.9. The fourth-order valence-electron chi connectivity index (χ4n) is 4.91. The van der Waals surface area contributed by atoms with Crippen LogP contribution >= 0.6 is 0 Å². The molecule has 0 aromatic heterocycles. The van der Waals surface area contributed by atoms with Crippen LogP contribution in [0.1, 0.15) is 57.2 Å². The minimum Gasteiger partial charge on any atom is -0.462 e. The Balaban J connectivity index is 1.18. The minimum absolute atomic E-state index is 0.356. The van der Waals surface area contributed by atoms with E-state index in [0.717, 1.165) is 46.4 Å². The number of aryl methyl sites for hydroxylation is 3. The van der Waals surface area contributed by atoms with Crippen LogP contribution < -0.4 is 9.47 Å². The molecule has 0 fully saturated rings. The summed E-state index contributed by atoms with van der Waals surface area (Å²) in [6, 6.07) is 28.1. The molecule has 5 aromatic carbocycles. The maximum atomic E-state index is 13.0. The summed E-state index contributed by atoms with van der Waals surface area (Å²) in [7, 11) is 0. The molecule has 222 valence electrons. The molecule has 0 atom stereocenters. The highest BCUT2D eigenvalue weighted by atomic mass is 16.5. The van der Waals surface area contributed by atoms with Gasteiger partial charge in [0.05, 0.1) is 17.7 Å². The highest BCUT2D eigenvalue weighted by molar-refractivity contribution is 5.97. The third-order valence-electron chi connectivity index (χ3n) is 7.37. The second-order valence-corrected chi connectivity index (χ2v) is 11.0. The van der Waals surface area contributed by atoms with Crippen molar-refractivity contribution >= 4 is 39.5 Å². The van der Waals surface area contributed by atoms with Crippen molar-refractivity contribution in [2.75, 3.05) is 6.61 Å². The van der Waals surface area contributed by atoms with Gasteiger partial charge in [0.2, 0.25) is 0 Å². The molecule has 44 heavy (non-hydrogen) atoms. The highest BCUT2D eigenvalue weighted by Gasteiger charge is 2.14. The van der Waals surface area contributed by atoms with Gasteiger partial charge in [0.1, 0.15) is 11.5 Å². The van der Waals surface area contributed by atoms with Crippen LogP contribution in [-0.2, 0) is 16.0 Å². The number of hydrogen-bond donors (Lipinski definition) is 0. The summed E-state index contributed by atoms with van der Waals surface area (Å²) in [6.07, 6.45) is 2.52. The Morgan fingerprint density at radius 1 is 0.659 bits per heavy atom. The Hall–Kier alpha value is -5.23. The van der Waals surface area contributed by atoms with Crippen molar-refractivity contribution in [2.45, 2.75) is 40.0 Å². The van der Waals surface area contributed by atoms with Gasteiger partial charge in [0.15, 0.2) is 0 Å². The molecule has 0 saturated heterocycles. The highest BCUT2D eigenvalue weighted by Crippen LogP contribution is 2.27. The van der Waals surface area contributed by atoms with Gasteiger partial charge in [-0.1, -0.05) is 60.7 Å². The first-order valence-electron chi connectivity index (χ1n) is 14.6. The Morgan fingerprint density at radius 3 is 1.95 bits per heavy atom. The summed E-state index contributed by atoms with van der Waals surface area (Å²) in [5, 5.41) is 3.98. The lowest BCUT2D eigenvalue weighted by Gasteiger charge is -2.11. The van der Waals surface area contributed by atoms with E-state index in [0.29, 0.717) is 40.4 Å². The zero-order valence-corrected chi connectivity index (χ0v) is 25.1. The summed E-state index contributed by atoms with van der Waals surface area (Å²) in [4.78, 5) is 37.3. The van der Waals surface area contributed by atoms with Gasteiger partial charge in [-0.05, 0) is 115 Å². The van der Waals surface area contributed by atoms with E-state index in [1.54, 1.807) is 44.2 Å². The van der Waals surface area contributed by atoms with Crippen molar-refractivity contribution in [1.82, 2.24) is 0 Å². The third kappa shape index (κ3) is 7.39. The second kappa shape index (κ2) is 13.4. The molecule has 0 aliphatic rings. The molecule has 0 bridgehead atoms. The molecule has 0 aliphatic heterocycles. The van der Waals surface area contributed by atoms with Crippen molar-refractivity contribution in [3.05, 3.63) is 131 Å². The molecule has 0 amide bonds. The van der Waals surface area contributed by atoms with E-state index in [-0.39, 0.29) is 5.97 Å². The van der Waals surface area contributed by atoms with Gasteiger partial charge < -0.3 is 14.2 Å². The lowest BCUT2D eigenvalue weighted by molar-refractivity contribution is -0.139. The van der Waals surface area contributed by atoms with E-state index in [2.05, 4.69) is 18.7 Å². The van der Waals surface area contributed by atoms with Gasteiger partial charge in [0.25, 0.3) is 0 Å². The van der Waals surface area contributed by atoms with Crippen molar-refractivity contribution < 1.29 is 28.6 Å². The van der Waals surface area contributed by atoms with E-state index in [9.17, 15) is 14.4 Å². The molecule has 0 aliphatic carbocycles. The number of esters is 3. The van der Waals surface area contributed by atoms with Crippen LogP contribution in [0.5, 0.6) is 11.5 Å². The van der Waals surface area contributed by atoms with Gasteiger partial charge in [-0.15, -0.1) is 0 Å². The summed E-state index contributed by atoms with van der Waals surface area (Å²) in [6.45, 7) is 9.42. The van der Waals surface area contributed by atoms with Crippen LogP contribution in [0.15, 0.2) is 103 Å². The molecule has 6 heteroatoms. The molecule has 0 unspecified atom stereocenters. The van der Waals surface area contributed by atoms with Crippen molar-refractivity contribution in [1.29, 1.82) is 0 Å². The molecule has 0 heterocycles. The first kappa shape index (κ1) is 30.2. The fraction of sp³-hybridized carbons (Fsp3) is 0.184. The maximum Gasteiger partial charge on any atom is 0.343 e. The van der Waals surface area contributed by atoms with Gasteiger partial charge in [0, 0.05) is 5.57 Å². The average Bonchev–Trinajstić information content (AvgIpc) is 3.01. The molecular formula is C38H34O6. The lowest BCUT2D eigenvalue weighted by atomic mass is 10.0. The Kier molecular flexibility index (Phi) is 9.20. The first-order chi connectivity index (χ1) is 21.2. The van der Waals surface area contributed by atoms with Crippen LogP contribution in [0.25, 0.3) is 21.5 Å². The van der Waals surface area contributed by atoms with E-state index in [1.807, 2.05) is 55.5 Å². The minimum atomic E-state index is -0.473. The molecule has 0 N–H and O–H groups in total. The molecular weight excluding hydrogens is 552 g/mol. The van der Waals surface area contributed by atoms with E-state index >= 15 is 0 Å².